The maximum atomic E-state index is 11.9. The van der Waals surface area contributed by atoms with Crippen LogP contribution in [0.15, 0.2) is 11.1 Å². The van der Waals surface area contributed by atoms with Crippen LogP contribution in [0.4, 0.5) is 0 Å². The van der Waals surface area contributed by atoms with Crippen molar-refractivity contribution in [3.8, 4) is 0 Å². The van der Waals surface area contributed by atoms with Gasteiger partial charge in [-0.2, -0.15) is 0 Å². The fourth-order valence-corrected chi connectivity index (χ4v) is 3.39. The van der Waals surface area contributed by atoms with Crippen LogP contribution in [0.25, 0.3) is 0 Å². The summed E-state index contributed by atoms with van der Waals surface area (Å²) in [6, 6.07) is 0. The second kappa shape index (κ2) is 18.9. The van der Waals surface area contributed by atoms with E-state index < -0.39 is 0 Å². The van der Waals surface area contributed by atoms with Gasteiger partial charge in [0.15, 0.2) is 0 Å². The Morgan fingerprint density at radius 2 is 1.19 bits per heavy atom. The summed E-state index contributed by atoms with van der Waals surface area (Å²) >= 11 is 0. The molecule has 3 nitrogen and oxygen atoms in total. The summed E-state index contributed by atoms with van der Waals surface area (Å²) in [6.07, 6.45) is 18.9. The number of carbonyl (C=O) groups is 1. The van der Waals surface area contributed by atoms with Crippen molar-refractivity contribution in [3.63, 3.8) is 0 Å². The molecule has 0 aliphatic heterocycles. The van der Waals surface area contributed by atoms with Crippen molar-refractivity contribution >= 4 is 5.97 Å². The third-order valence-electron chi connectivity index (χ3n) is 5.13. The zero-order valence-electron chi connectivity index (χ0n) is 18.0. The normalized spacial score (nSPS) is 12.2. The summed E-state index contributed by atoms with van der Waals surface area (Å²) in [7, 11) is 3.16. The van der Waals surface area contributed by atoms with Crippen molar-refractivity contribution in [3.05, 3.63) is 11.1 Å². The summed E-state index contributed by atoms with van der Waals surface area (Å²) in [4.78, 5) is 11.9. The first-order valence-electron chi connectivity index (χ1n) is 10.9. The van der Waals surface area contributed by atoms with Gasteiger partial charge in [0.1, 0.15) is 0 Å². The molecule has 0 fully saturated rings. The fraction of sp³-hybridized carbons (Fsp3) is 0.870. The number of methoxy groups -OCH3 is 2. The van der Waals surface area contributed by atoms with Gasteiger partial charge >= 0.3 is 5.97 Å². The van der Waals surface area contributed by atoms with Crippen molar-refractivity contribution in [1.82, 2.24) is 0 Å². The minimum Gasteiger partial charge on any atom is -0.466 e. The van der Waals surface area contributed by atoms with Crippen LogP contribution < -0.4 is 0 Å². The molecule has 0 N–H and O–H groups in total. The number of unbranched alkanes of at least 4 members (excludes halogenated alkanes) is 11. The lowest BCUT2D eigenvalue weighted by molar-refractivity contribution is -0.136. The summed E-state index contributed by atoms with van der Waals surface area (Å²) in [5.41, 5.74) is 2.05. The lowest BCUT2D eigenvalue weighted by atomic mass is 9.98. The molecule has 0 saturated heterocycles. The molecular formula is C23H44O3. The minimum atomic E-state index is -0.169. The molecule has 26 heavy (non-hydrogen) atoms. The van der Waals surface area contributed by atoms with Crippen LogP contribution in [0.3, 0.4) is 0 Å². The van der Waals surface area contributed by atoms with Crippen LogP contribution >= 0.6 is 0 Å². The molecular weight excluding hydrogens is 324 g/mol. The van der Waals surface area contributed by atoms with Crippen LogP contribution in [0.5, 0.6) is 0 Å². The molecule has 154 valence electrons. The highest BCUT2D eigenvalue weighted by molar-refractivity contribution is 5.89. The van der Waals surface area contributed by atoms with Gasteiger partial charge in [-0.25, -0.2) is 4.79 Å². The Hall–Kier alpha value is -0.830. The van der Waals surface area contributed by atoms with Gasteiger partial charge in [0.2, 0.25) is 0 Å². The van der Waals surface area contributed by atoms with Crippen molar-refractivity contribution in [1.29, 1.82) is 0 Å². The third-order valence-corrected chi connectivity index (χ3v) is 5.13. The summed E-state index contributed by atoms with van der Waals surface area (Å²) in [5, 5.41) is 0. The molecule has 0 rings (SSSR count). The van der Waals surface area contributed by atoms with E-state index in [2.05, 4.69) is 13.8 Å². The van der Waals surface area contributed by atoms with Crippen LogP contribution in [0.2, 0.25) is 0 Å². The average molecular weight is 369 g/mol. The maximum Gasteiger partial charge on any atom is 0.333 e. The molecule has 0 radical (unpaired) electrons. The zero-order chi connectivity index (χ0) is 19.5. The zero-order valence-corrected chi connectivity index (χ0v) is 18.0. The number of carbonyl (C=O) groups excluding carboxylic acids is 1. The molecule has 0 spiro atoms. The molecule has 0 aromatic heterocycles. The second-order valence-electron chi connectivity index (χ2n) is 7.49. The Morgan fingerprint density at radius 1 is 0.692 bits per heavy atom. The Bertz CT molecular complexity index is 360. The molecule has 0 heterocycles. The Balaban J connectivity index is 3.76. The highest BCUT2D eigenvalue weighted by Gasteiger charge is 2.12. The first kappa shape index (κ1) is 25.2. The van der Waals surface area contributed by atoms with E-state index in [-0.39, 0.29) is 5.97 Å². The number of ether oxygens (including phenoxy) is 2. The molecule has 0 aliphatic carbocycles. The molecule has 0 bridgehead atoms. The van der Waals surface area contributed by atoms with E-state index >= 15 is 0 Å². The number of hydrogen-bond donors (Lipinski definition) is 0. The number of rotatable bonds is 18. The molecule has 0 unspecified atom stereocenters. The van der Waals surface area contributed by atoms with Gasteiger partial charge in [0.25, 0.3) is 0 Å². The second-order valence-corrected chi connectivity index (χ2v) is 7.49. The monoisotopic (exact) mass is 368 g/mol. The van der Waals surface area contributed by atoms with Crippen LogP contribution in [-0.4, -0.2) is 26.8 Å². The number of esters is 1. The van der Waals surface area contributed by atoms with E-state index in [4.69, 9.17) is 9.47 Å². The summed E-state index contributed by atoms with van der Waals surface area (Å²) in [6.45, 7) is 5.04. The highest BCUT2D eigenvalue weighted by Crippen LogP contribution is 2.19. The number of hydrogen-bond acceptors (Lipinski definition) is 3. The average Bonchev–Trinajstić information content (AvgIpc) is 2.65. The molecule has 0 saturated carbocycles. The SMILES string of the molecule is CCCCCCCCCCCCCCC(C)=C(CCCOC)C(=O)OC. The van der Waals surface area contributed by atoms with Crippen molar-refractivity contribution < 1.29 is 14.3 Å². The molecule has 3 heteroatoms. The van der Waals surface area contributed by atoms with Gasteiger partial charge in [-0.3, -0.25) is 0 Å². The van der Waals surface area contributed by atoms with Gasteiger partial charge in [-0.1, -0.05) is 83.1 Å². The van der Waals surface area contributed by atoms with Gasteiger partial charge in [-0.15, -0.1) is 0 Å². The molecule has 0 aromatic rings. The molecule has 0 atom stereocenters. The predicted molar refractivity (Wildman–Crippen MR) is 112 cm³/mol. The van der Waals surface area contributed by atoms with Crippen LogP contribution in [-0.2, 0) is 14.3 Å². The standard InChI is InChI=1S/C23H44O3/c1-5-6-7-8-9-10-11-12-13-14-15-16-18-21(2)22(23(24)26-4)19-17-20-25-3/h5-20H2,1-4H3. The van der Waals surface area contributed by atoms with Gasteiger partial charge in [0.05, 0.1) is 7.11 Å². The first-order chi connectivity index (χ1) is 12.7. The van der Waals surface area contributed by atoms with E-state index in [9.17, 15) is 4.79 Å². The predicted octanol–water partition coefficient (Wildman–Crippen LogP) is 6.99. The topological polar surface area (TPSA) is 35.5 Å². The van der Waals surface area contributed by atoms with E-state index in [1.165, 1.54) is 89.7 Å². The van der Waals surface area contributed by atoms with Crippen molar-refractivity contribution in [2.45, 2.75) is 110 Å². The van der Waals surface area contributed by atoms with E-state index in [1.807, 2.05) is 0 Å². The smallest absolute Gasteiger partial charge is 0.333 e. The maximum absolute atomic E-state index is 11.9. The first-order valence-corrected chi connectivity index (χ1v) is 10.9. The van der Waals surface area contributed by atoms with E-state index in [1.54, 1.807) is 7.11 Å². The quantitative estimate of drug-likeness (QED) is 0.148. The Labute approximate surface area is 162 Å². The summed E-state index contributed by atoms with van der Waals surface area (Å²) < 4.78 is 10.0. The van der Waals surface area contributed by atoms with Gasteiger partial charge < -0.3 is 9.47 Å². The molecule has 0 aliphatic rings. The largest absolute Gasteiger partial charge is 0.466 e. The third kappa shape index (κ3) is 14.4. The Kier molecular flexibility index (Phi) is 18.3. The van der Waals surface area contributed by atoms with Gasteiger partial charge in [0, 0.05) is 19.3 Å². The van der Waals surface area contributed by atoms with Crippen molar-refractivity contribution in [2.75, 3.05) is 20.8 Å². The highest BCUT2D eigenvalue weighted by atomic mass is 16.5. The van der Waals surface area contributed by atoms with Crippen LogP contribution in [0.1, 0.15) is 110 Å². The fourth-order valence-electron chi connectivity index (χ4n) is 3.39. The lowest BCUT2D eigenvalue weighted by Crippen LogP contribution is -2.08. The van der Waals surface area contributed by atoms with E-state index in [0.717, 1.165) is 24.8 Å². The minimum absolute atomic E-state index is 0.169. The van der Waals surface area contributed by atoms with Crippen molar-refractivity contribution in [2.24, 2.45) is 0 Å². The van der Waals surface area contributed by atoms with Gasteiger partial charge in [-0.05, 0) is 32.6 Å². The Morgan fingerprint density at radius 3 is 1.65 bits per heavy atom. The molecule has 0 amide bonds. The van der Waals surface area contributed by atoms with Crippen LogP contribution in [0, 0.1) is 0 Å². The number of allylic oxidation sites excluding steroid dienone is 1. The lowest BCUT2D eigenvalue weighted by Gasteiger charge is -2.10. The van der Waals surface area contributed by atoms with E-state index in [0.29, 0.717) is 6.61 Å². The summed E-state index contributed by atoms with van der Waals surface area (Å²) in [5.74, 6) is -0.169. The molecule has 0 aromatic carbocycles.